The second-order valence-electron chi connectivity index (χ2n) is 38.7. The number of nitrogen functional groups attached to an aromatic ring is 1. The van der Waals surface area contributed by atoms with Gasteiger partial charge in [0.1, 0.15) is 63.9 Å². The van der Waals surface area contributed by atoms with Crippen molar-refractivity contribution < 1.29 is 14.3 Å². The molecule has 2 aliphatic rings. The molecular weight excluding hydrogens is 2010 g/mol. The Hall–Kier alpha value is -13.9. The average Bonchev–Trinajstić information content (AvgIpc) is 1.61. The van der Waals surface area contributed by atoms with Crippen molar-refractivity contribution in [3.63, 3.8) is 0 Å². The molecule has 2 atom stereocenters. The Balaban J connectivity index is 0.000000165. The molecule has 15 heterocycles. The van der Waals surface area contributed by atoms with E-state index in [1.54, 1.807) is 77.7 Å². The number of rotatable bonds is 14. The number of amidine groups is 1. The summed E-state index contributed by atoms with van der Waals surface area (Å²) < 4.78 is 9.17. The number of hydrogen-bond acceptors (Lipinski definition) is 24. The maximum atomic E-state index is 11.8. The molecule has 2 aliphatic heterocycles. The van der Waals surface area contributed by atoms with Crippen LogP contribution in [0, 0.1) is 32.6 Å². The van der Waals surface area contributed by atoms with E-state index in [9.17, 15) is 24.0 Å². The molecule has 33 nitrogen and oxygen atoms in total. The highest BCUT2D eigenvalue weighted by molar-refractivity contribution is 9.10. The number of nitrogens with one attached hydrogen (secondary N) is 9. The number of amides is 1. The second kappa shape index (κ2) is 52.7. The van der Waals surface area contributed by atoms with Crippen LogP contribution in [0.1, 0.15) is 295 Å². The van der Waals surface area contributed by atoms with Crippen LogP contribution >= 0.6 is 54.5 Å². The van der Waals surface area contributed by atoms with Gasteiger partial charge in [0, 0.05) is 159 Å². The van der Waals surface area contributed by atoms with Gasteiger partial charge in [-0.05, 0) is 122 Å². The van der Waals surface area contributed by atoms with E-state index in [4.69, 9.17) is 5.73 Å². The number of halogens is 2. The van der Waals surface area contributed by atoms with Crippen LogP contribution < -0.4 is 27.9 Å². The Morgan fingerprint density at radius 3 is 1.48 bits per heavy atom. The molecule has 20 rings (SSSR count). The van der Waals surface area contributed by atoms with E-state index in [0.29, 0.717) is 75.3 Å². The van der Waals surface area contributed by atoms with E-state index >= 15 is 0 Å². The zero-order chi connectivity index (χ0) is 107. The number of thiazole rings is 2. The number of anilines is 1. The molecule has 0 spiro atoms. The predicted octanol–water partition coefficient (Wildman–Crippen LogP) is 24.5. The second-order valence-corrected chi connectivity index (χ2v) is 42.3. The number of imidazole rings is 7. The van der Waals surface area contributed by atoms with Gasteiger partial charge in [0.25, 0.3) is 11.1 Å². The summed E-state index contributed by atoms with van der Waals surface area (Å²) in [7, 11) is 6.27. The van der Waals surface area contributed by atoms with Crippen LogP contribution in [-0.2, 0) is 23.6 Å². The van der Waals surface area contributed by atoms with Gasteiger partial charge < -0.3 is 55.7 Å². The maximum Gasteiger partial charge on any atom is 0.337 e. The average molecular weight is 2150 g/mol. The third-order valence-corrected chi connectivity index (χ3v) is 26.0. The summed E-state index contributed by atoms with van der Waals surface area (Å²) in [6.45, 7) is 52.2. The fourth-order valence-corrected chi connectivity index (χ4v) is 16.4. The van der Waals surface area contributed by atoms with Crippen molar-refractivity contribution in [2.45, 2.75) is 238 Å². The lowest BCUT2D eigenvalue weighted by molar-refractivity contribution is -0.123. The van der Waals surface area contributed by atoms with Gasteiger partial charge in [-0.1, -0.05) is 216 Å². The van der Waals surface area contributed by atoms with Gasteiger partial charge in [-0.25, -0.2) is 74.4 Å². The minimum Gasteiger partial charge on any atom is -0.465 e. The summed E-state index contributed by atoms with van der Waals surface area (Å²) in [5.74, 6) is 12.1. The van der Waals surface area contributed by atoms with Gasteiger partial charge in [-0.2, -0.15) is 5.10 Å². The number of hydrogen-bond donors (Lipinski definition) is 10. The summed E-state index contributed by atoms with van der Waals surface area (Å²) in [5, 5.41) is 15.9. The Kier molecular flexibility index (Phi) is 41.2. The summed E-state index contributed by atoms with van der Waals surface area (Å²) in [6.07, 6.45) is 8.65. The van der Waals surface area contributed by atoms with Gasteiger partial charge in [0.2, 0.25) is 5.91 Å². The number of nitrogens with two attached hydrogens (primary N) is 1. The van der Waals surface area contributed by atoms with Crippen molar-refractivity contribution in [2.75, 3.05) is 19.9 Å². The number of methoxy groups -OCH3 is 1. The van der Waals surface area contributed by atoms with Crippen LogP contribution in [0.15, 0.2) is 196 Å². The van der Waals surface area contributed by atoms with Gasteiger partial charge in [0.15, 0.2) is 23.1 Å². The molecule has 5 aromatic carbocycles. The maximum absolute atomic E-state index is 11.8. The molecule has 1 amide bonds. The van der Waals surface area contributed by atoms with Crippen LogP contribution in [0.4, 0.5) is 5.69 Å². The number of carbonyl (C=O) groups excluding carboxylic acids is 2. The Morgan fingerprint density at radius 1 is 0.452 bits per heavy atom. The van der Waals surface area contributed by atoms with E-state index in [1.807, 2.05) is 154 Å². The quantitative estimate of drug-likeness (QED) is 0.0357. The van der Waals surface area contributed by atoms with Crippen LogP contribution in [0.2, 0.25) is 0 Å². The standard InChI is InChI=1S/C13H15NS.C12H14N2O2.C12H14N2S.C11H12N2O.C10H11BrN2.C10H14N4O2.C9H10BrN3.C9H14N4O.C9H11N3.C8H14N2.C6H10N2/c1-9(2)13-14-12(8-15-13)11-6-4-5-10(3)7-11;1-7(2)11-13-9-5-4-8(12(15)16-3)6-10(9)14-11;1-8(2)12-14-11(7-15-12)9-4-3-5-10(13)6-9;1-7(2)10-12-9-6-4-3-5-8(9)11(14)13-10;1-6(2)10-12-8-4-3-7(11)5-9(8)13-10;1-5(2)7-11-6-8(12-7)13(3)10(16)14(4)9(6)15;1-5(2)8-12-7-3-6(10)4-11-9(7)13-8;1-5(2)7-11-8-6(9(14)12-7)4-10-13(8)3;1-6(2)8-11-7-4-3-5-10-9(7)12-8;1-5(2)8-9-6(3)7(4)10-8;1-5(2)6-7-3-4-8-6/h4-9H,1-3H3;4-7H,1-3H3,(H,13,14);3-8H,13H2,1-2H3;3-7H,1-2H3,(H,12,13,14);3-6H,1-2H3,(H,12,13);5H,1-4H3,(H,11,12);3-5H,1-2H3,(H,11,12,13);4-6,8H,1-3H3,(H,11,12,14);3-6H,1-2H3,(H,10,11,12);5H,1-4H3,(H,9,10);3-5H,1-2H3,(H,7,8). The summed E-state index contributed by atoms with van der Waals surface area (Å²) in [6, 6.07) is 41.0. The highest BCUT2D eigenvalue weighted by atomic mass is 79.9. The molecule has 11 N–H and O–H groups in total. The molecule has 0 fully saturated rings. The van der Waals surface area contributed by atoms with Crippen molar-refractivity contribution in [1.82, 2.24) is 119 Å². The van der Waals surface area contributed by atoms with Crippen LogP contribution in [0.5, 0.6) is 0 Å². The number of nitrogens with zero attached hydrogens (tertiary/aromatic N) is 17. The largest absolute Gasteiger partial charge is 0.465 e. The van der Waals surface area contributed by atoms with Crippen molar-refractivity contribution >= 4 is 151 Å². The summed E-state index contributed by atoms with van der Waals surface area (Å²) in [5.41, 5.74) is 23.3. The monoisotopic (exact) mass is 2140 g/mol. The molecule has 0 saturated carbocycles. The fraction of sp³-hybridized carbons (Fsp3) is 0.385. The molecule has 0 saturated heterocycles. The van der Waals surface area contributed by atoms with Crippen LogP contribution in [-0.4, -0.2) is 158 Å². The van der Waals surface area contributed by atoms with E-state index in [-0.39, 0.29) is 58.5 Å². The molecule has 18 aromatic rings. The number of benzene rings is 5. The number of aromatic nitrogens is 22. The first kappa shape index (κ1) is 114. The minimum absolute atomic E-state index is 0.00167. The molecule has 37 heteroatoms. The fourth-order valence-electron chi connectivity index (χ4n) is 14.0. The Morgan fingerprint density at radius 2 is 0.966 bits per heavy atom. The van der Waals surface area contributed by atoms with Gasteiger partial charge in [0.05, 0.1) is 83.8 Å². The van der Waals surface area contributed by atoms with E-state index in [0.717, 1.165) is 138 Å². The molecule has 0 bridgehead atoms. The minimum atomic E-state index is -0.362. The van der Waals surface area contributed by atoms with Gasteiger partial charge in [-0.15, -0.1) is 22.7 Å². The summed E-state index contributed by atoms with van der Waals surface area (Å²) >= 11 is 10.3. The third-order valence-electron chi connectivity index (χ3n) is 22.8. The van der Waals surface area contributed by atoms with E-state index in [1.165, 1.54) is 45.6 Å². The first-order valence-electron chi connectivity index (χ1n) is 48.9. The SMILES string of the molecule is CC(C)C1=NC2C(C=NN2C)C(=O)N1.CC(C)c1nc(-c2cccc(N)c2)cs1.CC(C)c1nc2c([nH]1)c(=O)n(C)c(=O)n2C.CC(C)c1nc2ccc(Br)cc2[nH]1.CC(C)c1nc2ccccc2c(=O)[nH]1.CC(C)c1nc2ncc(Br)cc2[nH]1.CC(C)c1nc2ncccc2[nH]1.CC(C)c1ncc[nH]1.COC(=O)c1ccc2nc(C(C)C)[nH]c2c1.Cc1cccc(-c2csc(C(C)C)n2)c1.Cc1nc(C(C)C)[nH]c1C. The molecule has 0 radical (unpaired) electrons. The van der Waals surface area contributed by atoms with Crippen LogP contribution in [0.3, 0.4) is 0 Å². The zero-order valence-electron chi connectivity index (χ0n) is 88.9. The lowest BCUT2D eigenvalue weighted by Gasteiger charge is -2.27. The van der Waals surface area contributed by atoms with Crippen molar-refractivity contribution in [3.05, 3.63) is 282 Å². The third kappa shape index (κ3) is 31.3. The Labute approximate surface area is 877 Å². The number of aryl methyl sites for hydroxylation is 4. The first-order chi connectivity index (χ1) is 69.2. The number of aromatic amines is 8. The van der Waals surface area contributed by atoms with Crippen molar-refractivity contribution in [1.29, 1.82) is 0 Å². The van der Waals surface area contributed by atoms with Gasteiger partial charge >= 0.3 is 11.7 Å². The number of esters is 1. The van der Waals surface area contributed by atoms with Crippen LogP contribution in [0.25, 0.3) is 89.0 Å². The topological polar surface area (TPSA) is 451 Å². The Bertz CT molecular complexity index is 7380. The lowest BCUT2D eigenvalue weighted by Crippen LogP contribution is -2.49. The van der Waals surface area contributed by atoms with E-state index < -0.39 is 0 Å². The molecule has 2 unspecified atom stereocenters. The predicted molar refractivity (Wildman–Crippen MR) is 601 cm³/mol. The first-order valence-corrected chi connectivity index (χ1v) is 52.2. The van der Waals surface area contributed by atoms with E-state index in [2.05, 4.69) is 304 Å². The number of ether oxygens (including phenoxy) is 1. The number of H-pyrrole nitrogens is 8. The van der Waals surface area contributed by atoms with Crippen molar-refractivity contribution in [2.24, 2.45) is 36.0 Å². The lowest BCUT2D eigenvalue weighted by atomic mass is 10.0. The number of fused-ring (bicyclic) bond motifs is 7. The smallest absolute Gasteiger partial charge is 0.337 e. The number of pyridine rings is 2. The molecular formula is C109H139Br2N27O6S2. The molecule has 772 valence electrons. The molecule has 13 aromatic heterocycles. The highest BCUT2D eigenvalue weighted by Crippen LogP contribution is 2.31. The molecule has 0 aliphatic carbocycles. The number of aliphatic imine (C=N–C) groups is 1. The van der Waals surface area contributed by atoms with Crippen molar-refractivity contribution in [3.8, 4) is 22.5 Å². The zero-order valence-corrected chi connectivity index (χ0v) is 93.7. The molecule has 146 heavy (non-hydrogen) atoms. The number of hydrazone groups is 1. The number of para-hydroxylation sites is 1. The normalized spacial score (nSPS) is 13.0. The summed E-state index contributed by atoms with van der Waals surface area (Å²) in [4.78, 5) is 140. The number of carbonyl (C=O) groups is 2. The van der Waals surface area contributed by atoms with Gasteiger partial charge in [-0.3, -0.25) is 28.5 Å². The highest BCUT2D eigenvalue weighted by Gasteiger charge is 2.38.